The van der Waals surface area contributed by atoms with Crippen LogP contribution in [0.4, 0.5) is 0 Å². The largest absolute Gasteiger partial charge is 0.409 e. The lowest BCUT2D eigenvalue weighted by Crippen LogP contribution is -2.48. The molecule has 1 atom stereocenters. The first-order chi connectivity index (χ1) is 8.77. The first kappa shape index (κ1) is 17.2. The van der Waals surface area contributed by atoms with Gasteiger partial charge in [-0.25, -0.2) is 0 Å². The van der Waals surface area contributed by atoms with Gasteiger partial charge in [0.2, 0.25) is 11.8 Å². The molecule has 2 amide bonds. The molecule has 0 aliphatic carbocycles. The third-order valence-electron chi connectivity index (χ3n) is 2.97. The minimum Gasteiger partial charge on any atom is -0.409 e. The van der Waals surface area contributed by atoms with E-state index in [4.69, 9.17) is 10.9 Å². The summed E-state index contributed by atoms with van der Waals surface area (Å²) in [5.74, 6) is -0.626. The number of nitrogens with one attached hydrogen (secondary N) is 2. The number of carbonyl (C=O) groups is 2. The lowest BCUT2D eigenvalue weighted by atomic mass is 9.85. The van der Waals surface area contributed by atoms with Gasteiger partial charge < -0.3 is 21.6 Å². The Labute approximate surface area is 113 Å². The first-order valence-corrected chi connectivity index (χ1v) is 6.33. The third kappa shape index (κ3) is 5.15. The van der Waals surface area contributed by atoms with E-state index in [1.807, 2.05) is 13.8 Å². The van der Waals surface area contributed by atoms with Gasteiger partial charge in [0.25, 0.3) is 0 Å². The van der Waals surface area contributed by atoms with E-state index in [0.29, 0.717) is 6.42 Å². The summed E-state index contributed by atoms with van der Waals surface area (Å²) in [6, 6.07) is 0.0706. The summed E-state index contributed by atoms with van der Waals surface area (Å²) < 4.78 is 0. The van der Waals surface area contributed by atoms with Crippen molar-refractivity contribution in [1.29, 1.82) is 0 Å². The standard InChI is InChI=1S/C12H24N4O3/c1-5-12(4,10(13)16-19)11(18)14-7-6-9(17)15-8(2)3/h8,19H,5-7H2,1-4H3,(H2,13,16)(H,14,18)(H,15,17). The summed E-state index contributed by atoms with van der Waals surface area (Å²) in [6.45, 7) is 7.30. The van der Waals surface area contributed by atoms with Crippen LogP contribution in [0.3, 0.4) is 0 Å². The molecule has 0 aromatic heterocycles. The number of nitrogens with two attached hydrogens (primary N) is 1. The van der Waals surface area contributed by atoms with E-state index in [1.165, 1.54) is 0 Å². The monoisotopic (exact) mass is 272 g/mol. The van der Waals surface area contributed by atoms with Crippen molar-refractivity contribution in [2.24, 2.45) is 16.3 Å². The Kier molecular flexibility index (Phi) is 6.89. The minimum atomic E-state index is -1.07. The van der Waals surface area contributed by atoms with Gasteiger partial charge in [0, 0.05) is 19.0 Å². The van der Waals surface area contributed by atoms with Crippen LogP contribution in [-0.4, -0.2) is 35.4 Å². The zero-order valence-corrected chi connectivity index (χ0v) is 12.0. The van der Waals surface area contributed by atoms with E-state index in [9.17, 15) is 9.59 Å². The molecule has 0 heterocycles. The summed E-state index contributed by atoms with van der Waals surface area (Å²) in [4.78, 5) is 23.4. The van der Waals surface area contributed by atoms with Crippen LogP contribution in [0.15, 0.2) is 5.16 Å². The normalized spacial score (nSPS) is 14.9. The fourth-order valence-electron chi connectivity index (χ4n) is 1.45. The molecular formula is C12H24N4O3. The molecule has 110 valence electrons. The molecule has 19 heavy (non-hydrogen) atoms. The number of rotatable bonds is 7. The molecule has 0 bridgehead atoms. The summed E-state index contributed by atoms with van der Waals surface area (Å²) in [5, 5.41) is 16.9. The first-order valence-electron chi connectivity index (χ1n) is 6.33. The maximum atomic E-state index is 12.0. The Morgan fingerprint density at radius 2 is 2.00 bits per heavy atom. The van der Waals surface area contributed by atoms with Crippen molar-refractivity contribution in [2.75, 3.05) is 6.54 Å². The van der Waals surface area contributed by atoms with Crippen LogP contribution in [-0.2, 0) is 9.59 Å². The average Bonchev–Trinajstić information content (AvgIpc) is 2.35. The second-order valence-corrected chi connectivity index (χ2v) is 4.90. The molecule has 0 fully saturated rings. The van der Waals surface area contributed by atoms with Crippen molar-refractivity contribution in [3.05, 3.63) is 0 Å². The van der Waals surface area contributed by atoms with Crippen molar-refractivity contribution in [2.45, 2.75) is 46.6 Å². The number of carbonyl (C=O) groups excluding carboxylic acids is 2. The zero-order valence-electron chi connectivity index (χ0n) is 12.0. The molecule has 0 aromatic carbocycles. The number of amidine groups is 1. The number of hydrogen-bond acceptors (Lipinski definition) is 4. The topological polar surface area (TPSA) is 117 Å². The molecule has 0 aliphatic heterocycles. The number of oxime groups is 1. The van der Waals surface area contributed by atoms with E-state index in [-0.39, 0.29) is 36.7 Å². The van der Waals surface area contributed by atoms with Crippen molar-refractivity contribution >= 4 is 17.6 Å². The van der Waals surface area contributed by atoms with E-state index in [2.05, 4.69) is 15.8 Å². The molecule has 0 radical (unpaired) electrons. The Bertz CT molecular complexity index is 355. The van der Waals surface area contributed by atoms with E-state index < -0.39 is 5.41 Å². The third-order valence-corrected chi connectivity index (χ3v) is 2.97. The Balaban J connectivity index is 4.34. The van der Waals surface area contributed by atoms with Gasteiger partial charge in [-0.2, -0.15) is 0 Å². The van der Waals surface area contributed by atoms with Crippen LogP contribution < -0.4 is 16.4 Å². The Morgan fingerprint density at radius 1 is 1.42 bits per heavy atom. The second kappa shape index (κ2) is 7.60. The van der Waals surface area contributed by atoms with Crippen molar-refractivity contribution in [1.82, 2.24) is 10.6 Å². The zero-order chi connectivity index (χ0) is 15.1. The lowest BCUT2D eigenvalue weighted by Gasteiger charge is -2.25. The second-order valence-electron chi connectivity index (χ2n) is 4.90. The highest BCUT2D eigenvalue weighted by Crippen LogP contribution is 2.21. The summed E-state index contributed by atoms with van der Waals surface area (Å²) in [6.07, 6.45) is 0.590. The van der Waals surface area contributed by atoms with Gasteiger partial charge in [-0.1, -0.05) is 12.1 Å². The highest BCUT2D eigenvalue weighted by atomic mass is 16.4. The lowest BCUT2D eigenvalue weighted by molar-refractivity contribution is -0.127. The molecule has 0 aliphatic rings. The maximum absolute atomic E-state index is 12.0. The molecule has 0 aromatic rings. The van der Waals surface area contributed by atoms with E-state index in [1.54, 1.807) is 13.8 Å². The van der Waals surface area contributed by atoms with Gasteiger partial charge in [0.05, 0.1) is 0 Å². The SMILES string of the molecule is CCC(C)(C(=O)NCCC(=O)NC(C)C)C(N)=NO. The van der Waals surface area contributed by atoms with E-state index >= 15 is 0 Å². The van der Waals surface area contributed by atoms with E-state index in [0.717, 1.165) is 0 Å². The highest BCUT2D eigenvalue weighted by molar-refractivity contribution is 6.06. The smallest absolute Gasteiger partial charge is 0.233 e. The van der Waals surface area contributed by atoms with Crippen LogP contribution in [0.5, 0.6) is 0 Å². The fraction of sp³-hybridized carbons (Fsp3) is 0.750. The van der Waals surface area contributed by atoms with Gasteiger partial charge in [0.15, 0.2) is 5.84 Å². The molecule has 5 N–H and O–H groups in total. The number of hydrogen-bond donors (Lipinski definition) is 4. The van der Waals surface area contributed by atoms with Gasteiger partial charge in [-0.15, -0.1) is 0 Å². The number of amides is 2. The summed E-state index contributed by atoms with van der Waals surface area (Å²) in [5.41, 5.74) is 4.45. The van der Waals surface area contributed by atoms with Crippen LogP contribution in [0, 0.1) is 5.41 Å². The quantitative estimate of drug-likeness (QED) is 0.229. The van der Waals surface area contributed by atoms with Gasteiger partial charge in [-0.3, -0.25) is 9.59 Å². The maximum Gasteiger partial charge on any atom is 0.233 e. The van der Waals surface area contributed by atoms with Crippen LogP contribution >= 0.6 is 0 Å². The summed E-state index contributed by atoms with van der Waals surface area (Å²) in [7, 11) is 0. The van der Waals surface area contributed by atoms with Crippen LogP contribution in [0.25, 0.3) is 0 Å². The predicted octanol–water partition coefficient (Wildman–Crippen LogP) is 0.180. The molecule has 7 heteroatoms. The predicted molar refractivity (Wildman–Crippen MR) is 72.7 cm³/mol. The molecule has 7 nitrogen and oxygen atoms in total. The van der Waals surface area contributed by atoms with Gasteiger partial charge in [0.1, 0.15) is 5.41 Å². The molecular weight excluding hydrogens is 248 g/mol. The fourth-order valence-corrected chi connectivity index (χ4v) is 1.45. The Morgan fingerprint density at radius 3 is 2.42 bits per heavy atom. The van der Waals surface area contributed by atoms with Crippen molar-refractivity contribution in [3.8, 4) is 0 Å². The van der Waals surface area contributed by atoms with Crippen molar-refractivity contribution < 1.29 is 14.8 Å². The molecule has 0 saturated heterocycles. The highest BCUT2D eigenvalue weighted by Gasteiger charge is 2.36. The Hall–Kier alpha value is -1.79. The molecule has 0 spiro atoms. The molecule has 0 rings (SSSR count). The van der Waals surface area contributed by atoms with Crippen LogP contribution in [0.1, 0.15) is 40.5 Å². The van der Waals surface area contributed by atoms with Gasteiger partial charge >= 0.3 is 0 Å². The number of nitrogens with zero attached hydrogens (tertiary/aromatic N) is 1. The minimum absolute atomic E-state index is 0.0706. The summed E-state index contributed by atoms with van der Waals surface area (Å²) >= 11 is 0. The molecule has 1 unspecified atom stereocenters. The molecule has 0 saturated carbocycles. The van der Waals surface area contributed by atoms with Crippen molar-refractivity contribution in [3.63, 3.8) is 0 Å². The van der Waals surface area contributed by atoms with Crippen LogP contribution in [0.2, 0.25) is 0 Å². The van der Waals surface area contributed by atoms with Gasteiger partial charge in [-0.05, 0) is 27.2 Å². The average molecular weight is 272 g/mol.